The van der Waals surface area contributed by atoms with Crippen LogP contribution in [0.15, 0.2) is 18.2 Å². The van der Waals surface area contributed by atoms with Gasteiger partial charge in [0.15, 0.2) is 5.78 Å². The van der Waals surface area contributed by atoms with E-state index in [1.807, 2.05) is 19.1 Å². The molecule has 0 bridgehead atoms. The van der Waals surface area contributed by atoms with Crippen molar-refractivity contribution in [1.29, 1.82) is 0 Å². The van der Waals surface area contributed by atoms with E-state index in [1.165, 1.54) is 0 Å². The molecule has 0 amide bonds. The van der Waals surface area contributed by atoms with Crippen LogP contribution in [0.1, 0.15) is 29.3 Å². The first kappa shape index (κ1) is 10.5. The first-order valence-electron chi connectivity index (χ1n) is 5.16. The molecule has 0 aliphatic carbocycles. The summed E-state index contributed by atoms with van der Waals surface area (Å²) in [6.07, 6.45) is 1.55. The molecule has 2 nitrogen and oxygen atoms in total. The average Bonchev–Trinajstić information content (AvgIpc) is 2.73. The minimum atomic E-state index is -0.412. The minimum absolute atomic E-state index is 0.00821. The minimum Gasteiger partial charge on any atom is -0.493 e. The first-order valence-corrected chi connectivity index (χ1v) is 5.60. The normalized spacial score (nSPS) is 15.6. The van der Waals surface area contributed by atoms with Gasteiger partial charge in [-0.25, -0.2) is 0 Å². The van der Waals surface area contributed by atoms with Crippen LogP contribution in [-0.4, -0.2) is 17.8 Å². The highest BCUT2D eigenvalue weighted by Crippen LogP contribution is 2.26. The van der Waals surface area contributed by atoms with E-state index in [0.29, 0.717) is 18.6 Å². The fraction of sp³-hybridized carbons (Fsp3) is 0.417. The lowest BCUT2D eigenvalue weighted by Crippen LogP contribution is -2.13. The molecule has 3 heteroatoms. The number of rotatable bonds is 3. The van der Waals surface area contributed by atoms with Gasteiger partial charge in [-0.05, 0) is 30.2 Å². The molecule has 0 saturated heterocycles. The maximum Gasteiger partial charge on any atom is 0.180 e. The molecule has 0 aromatic heterocycles. The number of carbonyl (C=O) groups is 1. The van der Waals surface area contributed by atoms with Crippen molar-refractivity contribution in [1.82, 2.24) is 0 Å². The van der Waals surface area contributed by atoms with Gasteiger partial charge >= 0.3 is 0 Å². The average molecular weight is 225 g/mol. The highest BCUT2D eigenvalue weighted by atomic mass is 35.5. The molecule has 80 valence electrons. The van der Waals surface area contributed by atoms with Crippen molar-refractivity contribution in [2.24, 2.45) is 0 Å². The summed E-state index contributed by atoms with van der Waals surface area (Å²) in [6, 6.07) is 5.54. The van der Waals surface area contributed by atoms with Crippen molar-refractivity contribution in [2.75, 3.05) is 6.61 Å². The molecule has 1 unspecified atom stereocenters. The van der Waals surface area contributed by atoms with Crippen LogP contribution in [0.3, 0.4) is 0 Å². The molecule has 1 aromatic rings. The zero-order valence-electron chi connectivity index (χ0n) is 8.63. The topological polar surface area (TPSA) is 26.3 Å². The van der Waals surface area contributed by atoms with Crippen molar-refractivity contribution >= 4 is 17.4 Å². The number of hydrogen-bond acceptors (Lipinski definition) is 2. The molecule has 0 spiro atoms. The third-order valence-corrected chi connectivity index (χ3v) is 3.12. The Balaban J connectivity index is 2.26. The Hall–Kier alpha value is -1.02. The maximum absolute atomic E-state index is 11.8. The SMILES string of the molecule is CCC(Cl)C(=O)c1ccc2c(c1)CCO2. The van der Waals surface area contributed by atoms with Gasteiger partial charge in [0.2, 0.25) is 0 Å². The van der Waals surface area contributed by atoms with E-state index in [-0.39, 0.29) is 5.78 Å². The quantitative estimate of drug-likeness (QED) is 0.583. The van der Waals surface area contributed by atoms with E-state index >= 15 is 0 Å². The monoisotopic (exact) mass is 224 g/mol. The molecular weight excluding hydrogens is 212 g/mol. The third-order valence-electron chi connectivity index (χ3n) is 2.62. The van der Waals surface area contributed by atoms with Crippen LogP contribution >= 0.6 is 11.6 Å². The Kier molecular flexibility index (Phi) is 2.96. The van der Waals surface area contributed by atoms with Crippen molar-refractivity contribution in [3.63, 3.8) is 0 Å². The molecule has 1 heterocycles. The lowest BCUT2D eigenvalue weighted by molar-refractivity contribution is 0.0985. The Morgan fingerprint density at radius 1 is 1.60 bits per heavy atom. The molecule has 15 heavy (non-hydrogen) atoms. The Labute approximate surface area is 94.2 Å². The highest BCUT2D eigenvalue weighted by molar-refractivity contribution is 6.33. The van der Waals surface area contributed by atoms with Crippen LogP contribution < -0.4 is 4.74 Å². The van der Waals surface area contributed by atoms with E-state index in [4.69, 9.17) is 16.3 Å². The predicted molar refractivity (Wildman–Crippen MR) is 59.9 cm³/mol. The second kappa shape index (κ2) is 4.23. The van der Waals surface area contributed by atoms with Gasteiger partial charge in [-0.15, -0.1) is 11.6 Å². The summed E-state index contributed by atoms with van der Waals surface area (Å²) in [7, 11) is 0. The molecule has 2 rings (SSSR count). The van der Waals surface area contributed by atoms with Crippen LogP contribution in [0.5, 0.6) is 5.75 Å². The lowest BCUT2D eigenvalue weighted by atomic mass is 10.0. The second-order valence-electron chi connectivity index (χ2n) is 3.66. The fourth-order valence-electron chi connectivity index (χ4n) is 1.71. The van der Waals surface area contributed by atoms with Crippen molar-refractivity contribution in [3.05, 3.63) is 29.3 Å². The highest BCUT2D eigenvalue weighted by Gasteiger charge is 2.18. The van der Waals surface area contributed by atoms with Crippen LogP contribution in [0.4, 0.5) is 0 Å². The number of ether oxygens (including phenoxy) is 1. The third kappa shape index (κ3) is 2.00. The van der Waals surface area contributed by atoms with Crippen LogP contribution in [0.2, 0.25) is 0 Å². The van der Waals surface area contributed by atoms with Crippen LogP contribution in [0, 0.1) is 0 Å². The number of fused-ring (bicyclic) bond motifs is 1. The Morgan fingerprint density at radius 2 is 2.40 bits per heavy atom. The van der Waals surface area contributed by atoms with Gasteiger partial charge in [-0.2, -0.15) is 0 Å². The zero-order chi connectivity index (χ0) is 10.8. The van der Waals surface area contributed by atoms with Gasteiger partial charge in [-0.1, -0.05) is 6.92 Å². The maximum atomic E-state index is 11.8. The zero-order valence-corrected chi connectivity index (χ0v) is 9.38. The number of Topliss-reactive ketones (excluding diaryl/α,β-unsaturated/α-hetero) is 1. The Bertz CT molecular complexity index is 387. The summed E-state index contributed by atoms with van der Waals surface area (Å²) >= 11 is 5.92. The molecule has 0 N–H and O–H groups in total. The van der Waals surface area contributed by atoms with E-state index in [9.17, 15) is 4.79 Å². The Morgan fingerprint density at radius 3 is 3.13 bits per heavy atom. The number of benzene rings is 1. The molecule has 0 fully saturated rings. The van der Waals surface area contributed by atoms with E-state index in [2.05, 4.69) is 0 Å². The van der Waals surface area contributed by atoms with Crippen LogP contribution in [-0.2, 0) is 6.42 Å². The molecule has 0 saturated carbocycles. The summed E-state index contributed by atoms with van der Waals surface area (Å²) < 4.78 is 5.38. The molecule has 1 aromatic carbocycles. The van der Waals surface area contributed by atoms with Gasteiger partial charge in [-0.3, -0.25) is 4.79 Å². The van der Waals surface area contributed by atoms with Crippen molar-refractivity contribution < 1.29 is 9.53 Å². The predicted octanol–water partition coefficient (Wildman–Crippen LogP) is 2.82. The summed E-state index contributed by atoms with van der Waals surface area (Å²) in [4.78, 5) is 11.8. The molecular formula is C12H13ClO2. The summed E-state index contributed by atoms with van der Waals surface area (Å²) in [6.45, 7) is 2.62. The van der Waals surface area contributed by atoms with E-state index < -0.39 is 5.38 Å². The van der Waals surface area contributed by atoms with Crippen LogP contribution in [0.25, 0.3) is 0 Å². The molecule has 1 atom stereocenters. The van der Waals surface area contributed by atoms with Crippen molar-refractivity contribution in [3.8, 4) is 5.75 Å². The standard InChI is InChI=1S/C12H13ClO2/c1-2-10(13)12(14)9-3-4-11-8(7-9)5-6-15-11/h3-4,7,10H,2,5-6H2,1H3. The number of carbonyl (C=O) groups excluding carboxylic acids is 1. The second-order valence-corrected chi connectivity index (χ2v) is 4.19. The van der Waals surface area contributed by atoms with Gasteiger partial charge in [0.1, 0.15) is 5.75 Å². The lowest BCUT2D eigenvalue weighted by Gasteiger charge is -2.06. The summed E-state index contributed by atoms with van der Waals surface area (Å²) in [5, 5.41) is -0.412. The van der Waals surface area contributed by atoms with E-state index in [0.717, 1.165) is 17.7 Å². The first-order chi connectivity index (χ1) is 7.22. The van der Waals surface area contributed by atoms with Gasteiger partial charge < -0.3 is 4.74 Å². The number of alkyl halides is 1. The summed E-state index contributed by atoms with van der Waals surface area (Å²) in [5.74, 6) is 0.906. The van der Waals surface area contributed by atoms with E-state index in [1.54, 1.807) is 6.07 Å². The van der Waals surface area contributed by atoms with Gasteiger partial charge in [0.25, 0.3) is 0 Å². The number of hydrogen-bond donors (Lipinski definition) is 0. The summed E-state index contributed by atoms with van der Waals surface area (Å²) in [5.41, 5.74) is 1.81. The fourth-order valence-corrected chi connectivity index (χ4v) is 1.83. The van der Waals surface area contributed by atoms with Crippen molar-refractivity contribution in [2.45, 2.75) is 25.1 Å². The number of ketones is 1. The molecule has 0 radical (unpaired) electrons. The number of halogens is 1. The molecule has 1 aliphatic rings. The smallest absolute Gasteiger partial charge is 0.180 e. The van der Waals surface area contributed by atoms with Gasteiger partial charge in [0, 0.05) is 12.0 Å². The molecule has 1 aliphatic heterocycles. The van der Waals surface area contributed by atoms with Gasteiger partial charge in [0.05, 0.1) is 12.0 Å². The largest absolute Gasteiger partial charge is 0.493 e.